The summed E-state index contributed by atoms with van der Waals surface area (Å²) in [5.74, 6) is 0.499. The Labute approximate surface area is 169 Å². The van der Waals surface area contributed by atoms with Crippen LogP contribution in [0.2, 0.25) is 0 Å². The van der Waals surface area contributed by atoms with Crippen LogP contribution in [0.1, 0.15) is 45.1 Å². The largest absolute Gasteiger partial charge is 0.316 e. The Morgan fingerprint density at radius 3 is 2.36 bits per heavy atom. The van der Waals surface area contributed by atoms with E-state index < -0.39 is 0 Å². The topological polar surface area (TPSA) is 60.4 Å². The van der Waals surface area contributed by atoms with Gasteiger partial charge < -0.3 is 4.57 Å². The summed E-state index contributed by atoms with van der Waals surface area (Å²) in [5, 5.41) is 13.0. The Balaban J connectivity index is 2.01. The highest BCUT2D eigenvalue weighted by molar-refractivity contribution is 7.07. The van der Waals surface area contributed by atoms with Crippen LogP contribution >= 0.6 is 11.3 Å². The smallest absolute Gasteiger partial charge is 0.269 e. The molecule has 0 unspecified atom stereocenters. The fourth-order valence-electron chi connectivity index (χ4n) is 2.98. The third-order valence-electron chi connectivity index (χ3n) is 4.69. The van der Waals surface area contributed by atoms with Gasteiger partial charge in [0.25, 0.3) is 5.69 Å². The molecule has 2 aromatic carbocycles. The van der Waals surface area contributed by atoms with Crippen LogP contribution in [0.15, 0.2) is 58.9 Å². The number of thiazole rings is 1. The molecule has 28 heavy (non-hydrogen) atoms. The third-order valence-corrected chi connectivity index (χ3v) is 5.55. The molecule has 0 saturated heterocycles. The number of unbranched alkanes of at least 4 members (excludes halogenated alkanes) is 1. The molecule has 0 fully saturated rings. The standard InChI is InChI=1S/C22H25N3O2S/c1-4-5-14-24-21(18-8-12-20(13-9-18)25(26)27)15-28-22(24)23-19-10-6-17(7-11-19)16(2)3/h6-13,15-16H,4-5,14H2,1-3H3. The highest BCUT2D eigenvalue weighted by Gasteiger charge is 2.11. The van der Waals surface area contributed by atoms with Crippen molar-refractivity contribution in [1.82, 2.24) is 4.57 Å². The molecule has 1 aromatic heterocycles. The molecule has 3 aromatic rings. The summed E-state index contributed by atoms with van der Waals surface area (Å²) < 4.78 is 2.21. The van der Waals surface area contributed by atoms with E-state index in [4.69, 9.17) is 4.99 Å². The second kappa shape index (κ2) is 8.97. The zero-order valence-electron chi connectivity index (χ0n) is 16.5. The highest BCUT2D eigenvalue weighted by Crippen LogP contribution is 2.24. The lowest BCUT2D eigenvalue weighted by molar-refractivity contribution is -0.384. The Bertz CT molecular complexity index is 1000. The van der Waals surface area contributed by atoms with E-state index in [-0.39, 0.29) is 10.6 Å². The molecule has 1 heterocycles. The minimum atomic E-state index is -0.371. The van der Waals surface area contributed by atoms with E-state index >= 15 is 0 Å². The normalized spacial score (nSPS) is 11.9. The summed E-state index contributed by atoms with van der Waals surface area (Å²) in [6, 6.07) is 15.1. The van der Waals surface area contributed by atoms with Gasteiger partial charge in [-0.05, 0) is 47.7 Å². The molecular weight excluding hydrogens is 370 g/mol. The molecule has 0 aliphatic heterocycles. The molecule has 3 rings (SSSR count). The predicted molar refractivity (Wildman–Crippen MR) is 115 cm³/mol. The van der Waals surface area contributed by atoms with Gasteiger partial charge in [0, 0.05) is 24.1 Å². The lowest BCUT2D eigenvalue weighted by atomic mass is 10.0. The average molecular weight is 396 g/mol. The molecule has 5 nitrogen and oxygen atoms in total. The Morgan fingerprint density at radius 1 is 1.11 bits per heavy atom. The number of aromatic nitrogens is 1. The number of nitro groups is 1. The minimum Gasteiger partial charge on any atom is -0.316 e. The molecule has 0 saturated carbocycles. The van der Waals surface area contributed by atoms with E-state index in [1.807, 2.05) is 12.1 Å². The number of nitro benzene ring substituents is 1. The van der Waals surface area contributed by atoms with Gasteiger partial charge in [0.15, 0.2) is 4.80 Å². The van der Waals surface area contributed by atoms with Crippen LogP contribution in [0.4, 0.5) is 11.4 Å². The molecule has 0 aliphatic carbocycles. The number of non-ortho nitro benzene ring substituents is 1. The van der Waals surface area contributed by atoms with Gasteiger partial charge in [-0.1, -0.05) is 39.3 Å². The third kappa shape index (κ3) is 4.57. The molecule has 0 N–H and O–H groups in total. The van der Waals surface area contributed by atoms with E-state index in [0.29, 0.717) is 5.92 Å². The second-order valence-corrected chi connectivity index (χ2v) is 7.91. The molecule has 0 atom stereocenters. The molecule has 6 heteroatoms. The fourth-order valence-corrected chi connectivity index (χ4v) is 3.94. The van der Waals surface area contributed by atoms with Crippen LogP contribution in [0, 0.1) is 10.1 Å². The highest BCUT2D eigenvalue weighted by atomic mass is 32.1. The molecule has 0 spiro atoms. The first-order valence-electron chi connectivity index (χ1n) is 9.57. The van der Waals surface area contributed by atoms with Crippen molar-refractivity contribution >= 4 is 22.7 Å². The monoisotopic (exact) mass is 395 g/mol. The maximum atomic E-state index is 10.9. The van der Waals surface area contributed by atoms with Gasteiger partial charge in [0.2, 0.25) is 0 Å². The van der Waals surface area contributed by atoms with E-state index in [1.165, 1.54) is 5.56 Å². The average Bonchev–Trinajstić information content (AvgIpc) is 3.09. The van der Waals surface area contributed by atoms with Gasteiger partial charge in [-0.3, -0.25) is 10.1 Å². The molecular formula is C22H25N3O2S. The Kier molecular flexibility index (Phi) is 6.41. The number of hydrogen-bond acceptors (Lipinski definition) is 4. The van der Waals surface area contributed by atoms with Crippen molar-refractivity contribution in [3.05, 3.63) is 74.4 Å². The summed E-state index contributed by atoms with van der Waals surface area (Å²) in [5.41, 5.74) is 4.36. The van der Waals surface area contributed by atoms with Gasteiger partial charge in [-0.2, -0.15) is 0 Å². The van der Waals surface area contributed by atoms with Crippen molar-refractivity contribution in [2.75, 3.05) is 0 Å². The molecule has 0 amide bonds. The van der Waals surface area contributed by atoms with Crippen LogP contribution < -0.4 is 4.80 Å². The lowest BCUT2D eigenvalue weighted by Gasteiger charge is -2.09. The van der Waals surface area contributed by atoms with Crippen molar-refractivity contribution in [3.63, 3.8) is 0 Å². The van der Waals surface area contributed by atoms with Crippen LogP contribution in [-0.4, -0.2) is 9.49 Å². The predicted octanol–water partition coefficient (Wildman–Crippen LogP) is 6.28. The zero-order valence-corrected chi connectivity index (χ0v) is 17.3. The molecule has 146 valence electrons. The number of hydrogen-bond donors (Lipinski definition) is 0. The summed E-state index contributed by atoms with van der Waals surface area (Å²) in [7, 11) is 0. The van der Waals surface area contributed by atoms with Crippen molar-refractivity contribution < 1.29 is 4.92 Å². The van der Waals surface area contributed by atoms with E-state index in [2.05, 4.69) is 55.0 Å². The number of benzene rings is 2. The Hall–Kier alpha value is -2.73. The van der Waals surface area contributed by atoms with Crippen molar-refractivity contribution in [3.8, 4) is 11.3 Å². The van der Waals surface area contributed by atoms with Crippen LogP contribution in [0.25, 0.3) is 11.3 Å². The fraction of sp³-hybridized carbons (Fsp3) is 0.318. The van der Waals surface area contributed by atoms with Gasteiger partial charge in [-0.25, -0.2) is 4.99 Å². The van der Waals surface area contributed by atoms with Gasteiger partial charge in [-0.15, -0.1) is 11.3 Å². The summed E-state index contributed by atoms with van der Waals surface area (Å²) in [6.07, 6.45) is 2.14. The van der Waals surface area contributed by atoms with E-state index in [1.54, 1.807) is 23.5 Å². The molecule has 0 radical (unpaired) electrons. The first-order chi connectivity index (χ1) is 13.5. The van der Waals surface area contributed by atoms with Crippen LogP contribution in [0.5, 0.6) is 0 Å². The summed E-state index contributed by atoms with van der Waals surface area (Å²) in [6.45, 7) is 7.40. The van der Waals surface area contributed by atoms with Crippen molar-refractivity contribution in [2.45, 2.75) is 46.1 Å². The lowest BCUT2D eigenvalue weighted by Crippen LogP contribution is -2.15. The van der Waals surface area contributed by atoms with E-state index in [0.717, 1.165) is 41.1 Å². The van der Waals surface area contributed by atoms with Gasteiger partial charge in [0.05, 0.1) is 16.3 Å². The first kappa shape index (κ1) is 20.0. The first-order valence-corrected chi connectivity index (χ1v) is 10.5. The summed E-state index contributed by atoms with van der Waals surface area (Å²) >= 11 is 1.60. The van der Waals surface area contributed by atoms with Crippen LogP contribution in [-0.2, 0) is 6.54 Å². The van der Waals surface area contributed by atoms with Crippen LogP contribution in [0.3, 0.4) is 0 Å². The molecule has 0 aliphatic rings. The SMILES string of the molecule is CCCCn1c(-c2ccc([N+](=O)[O-])cc2)csc1=Nc1ccc(C(C)C)cc1. The zero-order chi connectivity index (χ0) is 20.1. The van der Waals surface area contributed by atoms with Gasteiger partial charge >= 0.3 is 0 Å². The Morgan fingerprint density at radius 2 is 1.79 bits per heavy atom. The maximum Gasteiger partial charge on any atom is 0.269 e. The molecule has 0 bridgehead atoms. The second-order valence-electron chi connectivity index (χ2n) is 7.07. The number of nitrogens with zero attached hydrogens (tertiary/aromatic N) is 3. The summed E-state index contributed by atoms with van der Waals surface area (Å²) in [4.78, 5) is 16.4. The van der Waals surface area contributed by atoms with Gasteiger partial charge in [0.1, 0.15) is 0 Å². The van der Waals surface area contributed by atoms with Crippen molar-refractivity contribution in [2.24, 2.45) is 4.99 Å². The van der Waals surface area contributed by atoms with E-state index in [9.17, 15) is 10.1 Å². The maximum absolute atomic E-state index is 10.9. The quantitative estimate of drug-likeness (QED) is 0.349. The van der Waals surface area contributed by atoms with Crippen molar-refractivity contribution in [1.29, 1.82) is 0 Å². The minimum absolute atomic E-state index is 0.106. The number of rotatable bonds is 7.